The number of carbonyl (C=O) groups is 1. The highest BCUT2D eigenvalue weighted by Gasteiger charge is 2.15. The van der Waals surface area contributed by atoms with Gasteiger partial charge in [0, 0.05) is 6.07 Å². The van der Waals surface area contributed by atoms with Gasteiger partial charge in [0.15, 0.2) is 5.82 Å². The van der Waals surface area contributed by atoms with Gasteiger partial charge in [0.05, 0.1) is 6.10 Å². The molecular weight excluding hydrogens is 210 g/mol. The van der Waals surface area contributed by atoms with Crippen LogP contribution in [0, 0.1) is 0 Å². The van der Waals surface area contributed by atoms with Gasteiger partial charge in [-0.1, -0.05) is 5.16 Å². The van der Waals surface area contributed by atoms with Crippen LogP contribution in [0.2, 0.25) is 0 Å². The molecule has 6 nitrogen and oxygen atoms in total. The fourth-order valence-electron chi connectivity index (χ4n) is 1.61. The molecule has 0 aliphatic carbocycles. The van der Waals surface area contributed by atoms with E-state index < -0.39 is 0 Å². The maximum atomic E-state index is 11.4. The first kappa shape index (κ1) is 11.1. The second-order valence-corrected chi connectivity index (χ2v) is 3.69. The minimum absolute atomic E-state index is 0.0670. The fourth-order valence-corrected chi connectivity index (χ4v) is 1.61. The van der Waals surface area contributed by atoms with E-state index in [2.05, 4.69) is 20.3 Å². The molecule has 1 aromatic heterocycles. The van der Waals surface area contributed by atoms with Crippen LogP contribution in [0.1, 0.15) is 12.8 Å². The zero-order valence-corrected chi connectivity index (χ0v) is 8.94. The number of nitrogens with zero attached hydrogens (tertiary/aromatic N) is 1. The van der Waals surface area contributed by atoms with Gasteiger partial charge >= 0.3 is 0 Å². The molecule has 1 aliphatic heterocycles. The molecule has 0 radical (unpaired) electrons. The van der Waals surface area contributed by atoms with Gasteiger partial charge in [-0.3, -0.25) is 4.79 Å². The number of nitrogens with one attached hydrogen (secondary N) is 2. The van der Waals surface area contributed by atoms with E-state index in [1.54, 1.807) is 6.07 Å². The van der Waals surface area contributed by atoms with Gasteiger partial charge in [0.1, 0.15) is 12.9 Å². The molecule has 16 heavy (non-hydrogen) atoms. The van der Waals surface area contributed by atoms with E-state index in [1.807, 2.05) is 0 Å². The summed E-state index contributed by atoms with van der Waals surface area (Å²) in [6, 6.07) is 1.59. The van der Waals surface area contributed by atoms with Crippen molar-refractivity contribution >= 4 is 11.7 Å². The number of ether oxygens (including phenoxy) is 1. The highest BCUT2D eigenvalue weighted by molar-refractivity contribution is 5.90. The minimum Gasteiger partial charge on any atom is -0.368 e. The van der Waals surface area contributed by atoms with Crippen molar-refractivity contribution in [2.24, 2.45) is 0 Å². The van der Waals surface area contributed by atoms with Crippen LogP contribution in [0.15, 0.2) is 16.9 Å². The quantitative estimate of drug-likeness (QED) is 0.774. The monoisotopic (exact) mass is 225 g/mol. The number of anilines is 1. The normalized spacial score (nSPS) is 17.2. The summed E-state index contributed by atoms with van der Waals surface area (Å²) >= 11 is 0. The predicted molar refractivity (Wildman–Crippen MR) is 57.0 cm³/mol. The van der Waals surface area contributed by atoms with Crippen LogP contribution in [0.3, 0.4) is 0 Å². The van der Waals surface area contributed by atoms with E-state index in [0.717, 1.165) is 25.9 Å². The third-order valence-corrected chi connectivity index (χ3v) is 2.44. The molecule has 1 fully saturated rings. The van der Waals surface area contributed by atoms with Crippen molar-refractivity contribution < 1.29 is 14.1 Å². The topological polar surface area (TPSA) is 76.4 Å². The molecule has 88 valence electrons. The lowest BCUT2D eigenvalue weighted by atomic mass is 10.1. The summed E-state index contributed by atoms with van der Waals surface area (Å²) < 4.78 is 10.1. The zero-order chi connectivity index (χ0) is 11.2. The number of rotatable bonds is 4. The van der Waals surface area contributed by atoms with Crippen LogP contribution in [-0.2, 0) is 9.53 Å². The molecule has 0 aromatic carbocycles. The van der Waals surface area contributed by atoms with Crippen molar-refractivity contribution in [3.8, 4) is 0 Å². The molecule has 0 saturated carbocycles. The Kier molecular flexibility index (Phi) is 3.90. The van der Waals surface area contributed by atoms with Gasteiger partial charge in [-0.05, 0) is 25.9 Å². The van der Waals surface area contributed by atoms with Crippen LogP contribution in [0.5, 0.6) is 0 Å². The van der Waals surface area contributed by atoms with Crippen LogP contribution >= 0.6 is 0 Å². The van der Waals surface area contributed by atoms with Crippen molar-refractivity contribution in [1.82, 2.24) is 10.5 Å². The van der Waals surface area contributed by atoms with Gasteiger partial charge in [0.25, 0.3) is 5.91 Å². The molecule has 1 aromatic rings. The Labute approximate surface area is 93.3 Å². The van der Waals surface area contributed by atoms with Gasteiger partial charge in [-0.2, -0.15) is 0 Å². The van der Waals surface area contributed by atoms with E-state index in [9.17, 15) is 4.79 Å². The van der Waals surface area contributed by atoms with Crippen LogP contribution in [0.4, 0.5) is 5.82 Å². The van der Waals surface area contributed by atoms with Crippen molar-refractivity contribution in [1.29, 1.82) is 0 Å². The fraction of sp³-hybridized carbons (Fsp3) is 0.600. The number of aromatic nitrogens is 1. The number of amides is 1. The summed E-state index contributed by atoms with van der Waals surface area (Å²) in [5.41, 5.74) is 0. The molecule has 1 aliphatic rings. The van der Waals surface area contributed by atoms with Crippen molar-refractivity contribution in [3.05, 3.63) is 12.3 Å². The molecule has 1 amide bonds. The van der Waals surface area contributed by atoms with Crippen LogP contribution in [0.25, 0.3) is 0 Å². The standard InChI is InChI=1S/C10H15N3O3/c14-10(12-9-3-6-16-13-9)7-15-8-1-4-11-5-2-8/h3,6,8,11H,1-2,4-5,7H2,(H,12,13,14). The summed E-state index contributed by atoms with van der Waals surface area (Å²) in [5, 5.41) is 9.39. The first-order chi connectivity index (χ1) is 7.84. The Morgan fingerprint density at radius 1 is 1.62 bits per heavy atom. The van der Waals surface area contributed by atoms with E-state index in [0.29, 0.717) is 5.82 Å². The summed E-state index contributed by atoms with van der Waals surface area (Å²) in [6.45, 7) is 1.97. The average Bonchev–Trinajstić information content (AvgIpc) is 2.81. The molecule has 0 bridgehead atoms. The lowest BCUT2D eigenvalue weighted by molar-refractivity contribution is -0.123. The number of hydrogen-bond acceptors (Lipinski definition) is 5. The first-order valence-corrected chi connectivity index (χ1v) is 5.37. The van der Waals surface area contributed by atoms with Crippen LogP contribution < -0.4 is 10.6 Å². The molecule has 0 spiro atoms. The minimum atomic E-state index is -0.201. The Morgan fingerprint density at radius 3 is 3.12 bits per heavy atom. The Balaban J connectivity index is 1.67. The third kappa shape index (κ3) is 3.32. The van der Waals surface area contributed by atoms with Gasteiger partial charge < -0.3 is 19.9 Å². The SMILES string of the molecule is O=C(COC1CCNCC1)Nc1ccon1. The summed E-state index contributed by atoms with van der Waals surface area (Å²) in [4.78, 5) is 11.4. The maximum absolute atomic E-state index is 11.4. The summed E-state index contributed by atoms with van der Waals surface area (Å²) in [7, 11) is 0. The largest absolute Gasteiger partial charge is 0.368 e. The Morgan fingerprint density at radius 2 is 2.44 bits per heavy atom. The molecule has 6 heteroatoms. The lowest BCUT2D eigenvalue weighted by Gasteiger charge is -2.22. The van der Waals surface area contributed by atoms with Crippen molar-refractivity contribution in [3.63, 3.8) is 0 Å². The lowest BCUT2D eigenvalue weighted by Crippen LogP contribution is -2.34. The average molecular weight is 225 g/mol. The second kappa shape index (κ2) is 5.62. The molecule has 0 unspecified atom stereocenters. The van der Waals surface area contributed by atoms with E-state index >= 15 is 0 Å². The van der Waals surface area contributed by atoms with E-state index in [-0.39, 0.29) is 18.6 Å². The number of piperidine rings is 1. The Bertz CT molecular complexity index is 320. The van der Waals surface area contributed by atoms with Crippen molar-refractivity contribution in [2.75, 3.05) is 25.0 Å². The molecule has 2 N–H and O–H groups in total. The van der Waals surface area contributed by atoms with Gasteiger partial charge in [-0.15, -0.1) is 0 Å². The first-order valence-electron chi connectivity index (χ1n) is 5.37. The summed E-state index contributed by atoms with van der Waals surface area (Å²) in [6.07, 6.45) is 3.50. The second-order valence-electron chi connectivity index (χ2n) is 3.69. The van der Waals surface area contributed by atoms with Gasteiger partial charge in [0.2, 0.25) is 0 Å². The Hall–Kier alpha value is -1.40. The molecule has 1 saturated heterocycles. The van der Waals surface area contributed by atoms with Gasteiger partial charge in [-0.25, -0.2) is 0 Å². The zero-order valence-electron chi connectivity index (χ0n) is 8.94. The molecular formula is C10H15N3O3. The van der Waals surface area contributed by atoms with Crippen molar-refractivity contribution in [2.45, 2.75) is 18.9 Å². The van der Waals surface area contributed by atoms with Crippen LogP contribution in [-0.4, -0.2) is 36.9 Å². The number of hydrogen-bond donors (Lipinski definition) is 2. The molecule has 2 heterocycles. The maximum Gasteiger partial charge on any atom is 0.251 e. The summed E-state index contributed by atoms with van der Waals surface area (Å²) in [5.74, 6) is 0.214. The van der Waals surface area contributed by atoms with E-state index in [4.69, 9.17) is 4.74 Å². The highest BCUT2D eigenvalue weighted by atomic mass is 16.5. The molecule has 2 rings (SSSR count). The number of carbonyl (C=O) groups excluding carboxylic acids is 1. The van der Waals surface area contributed by atoms with E-state index in [1.165, 1.54) is 6.26 Å². The smallest absolute Gasteiger partial charge is 0.251 e. The highest BCUT2D eigenvalue weighted by Crippen LogP contribution is 2.07. The molecule has 0 atom stereocenters. The predicted octanol–water partition coefficient (Wildman–Crippen LogP) is 0.382. The third-order valence-electron chi connectivity index (χ3n) is 2.44.